The number of nitrogens with one attached hydrogen (secondary N) is 2. The zero-order chi connectivity index (χ0) is 15.1. The maximum absolute atomic E-state index is 12.5. The molecular weight excluding hydrogens is 360 g/mol. The number of H-pyrrole nitrogens is 1. The van der Waals surface area contributed by atoms with Crippen molar-refractivity contribution in [2.24, 2.45) is 0 Å². The average molecular weight is 371 g/mol. The molecule has 2 heterocycles. The molecule has 22 heavy (non-hydrogen) atoms. The molecule has 0 bridgehead atoms. The summed E-state index contributed by atoms with van der Waals surface area (Å²) in [6.07, 6.45) is 1.87. The number of carbonyl (C=O) groups excluding carboxylic acids is 1. The van der Waals surface area contributed by atoms with E-state index in [9.17, 15) is 4.79 Å². The van der Waals surface area contributed by atoms with Gasteiger partial charge in [0.2, 0.25) is 0 Å². The molecule has 0 saturated heterocycles. The zero-order valence-corrected chi connectivity index (χ0v) is 13.8. The second-order valence-corrected chi connectivity index (χ2v) is 6.99. The van der Waals surface area contributed by atoms with Crippen molar-refractivity contribution in [3.05, 3.63) is 64.1 Å². The van der Waals surface area contributed by atoms with E-state index in [0.717, 1.165) is 31.1 Å². The first-order chi connectivity index (χ1) is 10.7. The van der Waals surface area contributed by atoms with Crippen molar-refractivity contribution in [3.8, 4) is 0 Å². The summed E-state index contributed by atoms with van der Waals surface area (Å²) in [6.45, 7) is 0. The molecule has 0 aliphatic heterocycles. The van der Waals surface area contributed by atoms with Gasteiger partial charge in [0.1, 0.15) is 0 Å². The van der Waals surface area contributed by atoms with E-state index in [1.807, 2.05) is 54.7 Å². The monoisotopic (exact) mass is 370 g/mol. The van der Waals surface area contributed by atoms with Crippen LogP contribution in [0.4, 0.5) is 5.69 Å². The number of thiophene rings is 1. The first kappa shape index (κ1) is 13.5. The average Bonchev–Trinajstić information content (AvgIpc) is 3.13. The molecule has 0 atom stereocenters. The van der Waals surface area contributed by atoms with Crippen molar-refractivity contribution in [2.75, 3.05) is 5.32 Å². The van der Waals surface area contributed by atoms with Gasteiger partial charge in [-0.25, -0.2) is 0 Å². The van der Waals surface area contributed by atoms with Gasteiger partial charge < -0.3 is 10.3 Å². The lowest BCUT2D eigenvalue weighted by Gasteiger charge is -2.04. The third-order valence-electron chi connectivity index (χ3n) is 3.55. The number of carbonyl (C=O) groups is 1. The largest absolute Gasteiger partial charge is 0.361 e. The van der Waals surface area contributed by atoms with Gasteiger partial charge in [0, 0.05) is 26.3 Å². The van der Waals surface area contributed by atoms with Gasteiger partial charge in [0.25, 0.3) is 5.91 Å². The van der Waals surface area contributed by atoms with Gasteiger partial charge >= 0.3 is 0 Å². The predicted octanol–water partition coefficient (Wildman–Crippen LogP) is 5.40. The lowest BCUT2D eigenvalue weighted by Crippen LogP contribution is -2.10. The molecule has 4 aromatic rings. The molecular formula is C17H11BrN2OS. The van der Waals surface area contributed by atoms with Gasteiger partial charge in [-0.3, -0.25) is 4.79 Å². The number of aromatic amines is 1. The Labute approximate surface area is 139 Å². The molecule has 5 heteroatoms. The van der Waals surface area contributed by atoms with Crippen LogP contribution in [0, 0.1) is 0 Å². The van der Waals surface area contributed by atoms with Crippen LogP contribution in [-0.2, 0) is 0 Å². The molecule has 3 nitrogen and oxygen atoms in total. The lowest BCUT2D eigenvalue weighted by molar-refractivity contribution is 0.103. The van der Waals surface area contributed by atoms with Gasteiger partial charge in [-0.15, -0.1) is 11.3 Å². The Morgan fingerprint density at radius 3 is 2.95 bits per heavy atom. The Balaban J connectivity index is 1.70. The number of fused-ring (bicyclic) bond motifs is 2. The number of anilines is 1. The highest BCUT2D eigenvalue weighted by Crippen LogP contribution is 2.30. The van der Waals surface area contributed by atoms with Crippen LogP contribution in [0.3, 0.4) is 0 Å². The number of aromatic nitrogens is 1. The molecule has 0 aliphatic rings. The van der Waals surface area contributed by atoms with Gasteiger partial charge in [-0.05, 0) is 41.8 Å². The topological polar surface area (TPSA) is 44.9 Å². The summed E-state index contributed by atoms with van der Waals surface area (Å²) in [4.78, 5) is 16.4. The van der Waals surface area contributed by atoms with E-state index in [1.165, 1.54) is 11.3 Å². The van der Waals surface area contributed by atoms with E-state index < -0.39 is 0 Å². The van der Waals surface area contributed by atoms with Crippen LogP contribution in [0.1, 0.15) is 9.67 Å². The minimum atomic E-state index is -0.0778. The molecule has 0 fully saturated rings. The fraction of sp³-hybridized carbons (Fsp3) is 0. The lowest BCUT2D eigenvalue weighted by atomic mass is 10.2. The van der Waals surface area contributed by atoms with E-state index >= 15 is 0 Å². The zero-order valence-electron chi connectivity index (χ0n) is 11.4. The predicted molar refractivity (Wildman–Crippen MR) is 95.8 cm³/mol. The summed E-state index contributed by atoms with van der Waals surface area (Å²) in [7, 11) is 0. The van der Waals surface area contributed by atoms with Crippen molar-refractivity contribution in [2.45, 2.75) is 0 Å². The Hall–Kier alpha value is -2.11. The fourth-order valence-electron chi connectivity index (χ4n) is 2.50. The molecule has 108 valence electrons. The highest BCUT2D eigenvalue weighted by molar-refractivity contribution is 9.10. The van der Waals surface area contributed by atoms with E-state index in [0.29, 0.717) is 4.88 Å². The van der Waals surface area contributed by atoms with E-state index in [2.05, 4.69) is 26.2 Å². The third kappa shape index (κ3) is 2.32. The minimum Gasteiger partial charge on any atom is -0.361 e. The molecule has 0 saturated carbocycles. The number of rotatable bonds is 2. The van der Waals surface area contributed by atoms with Crippen LogP contribution in [0.2, 0.25) is 0 Å². The summed E-state index contributed by atoms with van der Waals surface area (Å²) in [5.74, 6) is -0.0778. The molecule has 0 spiro atoms. The summed E-state index contributed by atoms with van der Waals surface area (Å²) in [5.41, 5.74) is 1.83. The first-order valence-corrected chi connectivity index (χ1v) is 8.38. The normalized spacial score (nSPS) is 11.1. The number of hydrogen-bond acceptors (Lipinski definition) is 2. The number of hydrogen-bond donors (Lipinski definition) is 2. The fourth-order valence-corrected chi connectivity index (χ4v) is 4.01. The van der Waals surface area contributed by atoms with Crippen LogP contribution < -0.4 is 5.32 Å². The first-order valence-electron chi connectivity index (χ1n) is 6.77. The van der Waals surface area contributed by atoms with E-state index in [-0.39, 0.29) is 5.91 Å². The SMILES string of the molecule is O=C(Nc1cccc2[nH]ccc12)c1cc2ccc(Br)cc2s1. The van der Waals surface area contributed by atoms with Crippen molar-refractivity contribution >= 4 is 59.9 Å². The molecule has 1 amide bonds. The smallest absolute Gasteiger partial charge is 0.265 e. The second kappa shape index (κ2) is 5.26. The van der Waals surface area contributed by atoms with Gasteiger partial charge in [-0.1, -0.05) is 28.1 Å². The van der Waals surface area contributed by atoms with Crippen molar-refractivity contribution in [1.82, 2.24) is 4.98 Å². The van der Waals surface area contributed by atoms with E-state index in [1.54, 1.807) is 0 Å². The number of benzene rings is 2. The summed E-state index contributed by atoms with van der Waals surface area (Å²) < 4.78 is 2.12. The molecule has 2 aromatic carbocycles. The summed E-state index contributed by atoms with van der Waals surface area (Å²) in [6, 6.07) is 15.8. The van der Waals surface area contributed by atoms with E-state index in [4.69, 9.17) is 0 Å². The van der Waals surface area contributed by atoms with Crippen LogP contribution in [-0.4, -0.2) is 10.9 Å². The quantitative estimate of drug-likeness (QED) is 0.487. The van der Waals surface area contributed by atoms with Crippen molar-refractivity contribution in [3.63, 3.8) is 0 Å². The van der Waals surface area contributed by atoms with Crippen LogP contribution >= 0.6 is 27.3 Å². The van der Waals surface area contributed by atoms with Gasteiger partial charge in [-0.2, -0.15) is 0 Å². The molecule has 4 rings (SSSR count). The Morgan fingerprint density at radius 2 is 2.05 bits per heavy atom. The highest BCUT2D eigenvalue weighted by atomic mass is 79.9. The molecule has 0 radical (unpaired) electrons. The molecule has 0 aliphatic carbocycles. The Morgan fingerprint density at radius 1 is 1.14 bits per heavy atom. The standard InChI is InChI=1S/C17H11BrN2OS/c18-11-5-4-10-8-16(22-15(10)9-11)17(21)20-14-3-1-2-13-12(14)6-7-19-13/h1-9,19H,(H,20,21). The Bertz CT molecular complexity index is 1000. The molecule has 0 unspecified atom stereocenters. The maximum Gasteiger partial charge on any atom is 0.265 e. The third-order valence-corrected chi connectivity index (χ3v) is 5.14. The second-order valence-electron chi connectivity index (χ2n) is 4.99. The van der Waals surface area contributed by atoms with Crippen molar-refractivity contribution in [1.29, 1.82) is 0 Å². The van der Waals surface area contributed by atoms with Crippen LogP contribution in [0.5, 0.6) is 0 Å². The maximum atomic E-state index is 12.5. The summed E-state index contributed by atoms with van der Waals surface area (Å²) in [5, 5.41) is 5.10. The minimum absolute atomic E-state index is 0.0778. The Kier molecular flexibility index (Phi) is 3.24. The van der Waals surface area contributed by atoms with Crippen LogP contribution in [0.25, 0.3) is 21.0 Å². The molecule has 2 N–H and O–H groups in total. The number of halogens is 1. The van der Waals surface area contributed by atoms with Gasteiger partial charge in [0.05, 0.1) is 10.6 Å². The van der Waals surface area contributed by atoms with Gasteiger partial charge in [0.15, 0.2) is 0 Å². The number of amides is 1. The highest BCUT2D eigenvalue weighted by Gasteiger charge is 2.12. The molecule has 2 aromatic heterocycles. The summed E-state index contributed by atoms with van der Waals surface area (Å²) >= 11 is 4.95. The van der Waals surface area contributed by atoms with Crippen LogP contribution in [0.15, 0.2) is 59.2 Å². The van der Waals surface area contributed by atoms with Crippen molar-refractivity contribution < 1.29 is 4.79 Å².